The third-order valence-electron chi connectivity index (χ3n) is 6.01. The van der Waals surface area contributed by atoms with Gasteiger partial charge in [0.15, 0.2) is 0 Å². The standard InChI is InChI=1S/C20H27NO3/c1-13(15-5-6-15)21(12-14-3-7-16(23-2)8-4-14)20(22)18-11-17-9-10-19(18)24-17/h3-4,7-8,13,15,17-19H,5-6,9-12H2,1-2H3. The van der Waals surface area contributed by atoms with Crippen molar-refractivity contribution >= 4 is 5.91 Å². The first kappa shape index (κ1) is 15.9. The van der Waals surface area contributed by atoms with E-state index in [-0.39, 0.29) is 12.0 Å². The normalized spacial score (nSPS) is 29.5. The number of carbonyl (C=O) groups excluding carboxylic acids is 1. The van der Waals surface area contributed by atoms with Crippen LogP contribution in [-0.4, -0.2) is 36.2 Å². The van der Waals surface area contributed by atoms with E-state index < -0.39 is 0 Å². The highest BCUT2D eigenvalue weighted by Gasteiger charge is 2.47. The molecule has 4 unspecified atom stereocenters. The summed E-state index contributed by atoms with van der Waals surface area (Å²) in [7, 11) is 1.68. The van der Waals surface area contributed by atoms with E-state index in [0.717, 1.165) is 25.0 Å². The number of methoxy groups -OCH3 is 1. The van der Waals surface area contributed by atoms with Gasteiger partial charge in [0, 0.05) is 12.6 Å². The zero-order valence-electron chi connectivity index (χ0n) is 14.6. The summed E-state index contributed by atoms with van der Waals surface area (Å²) >= 11 is 0. The van der Waals surface area contributed by atoms with Gasteiger partial charge in [0.25, 0.3) is 0 Å². The molecule has 0 radical (unpaired) electrons. The first-order valence-electron chi connectivity index (χ1n) is 9.24. The fourth-order valence-electron chi connectivity index (χ4n) is 4.29. The van der Waals surface area contributed by atoms with Crippen LogP contribution in [0, 0.1) is 11.8 Å². The molecule has 1 aromatic carbocycles. The van der Waals surface area contributed by atoms with Crippen LogP contribution in [0.3, 0.4) is 0 Å². The van der Waals surface area contributed by atoms with Gasteiger partial charge in [-0.15, -0.1) is 0 Å². The van der Waals surface area contributed by atoms with Crippen molar-refractivity contribution in [3.63, 3.8) is 0 Å². The molecule has 2 saturated heterocycles. The monoisotopic (exact) mass is 329 g/mol. The molecule has 0 N–H and O–H groups in total. The lowest BCUT2D eigenvalue weighted by Gasteiger charge is -2.33. The summed E-state index contributed by atoms with van der Waals surface area (Å²) in [6.45, 7) is 2.90. The molecule has 4 heteroatoms. The van der Waals surface area contributed by atoms with Crippen LogP contribution in [0.4, 0.5) is 0 Å². The van der Waals surface area contributed by atoms with E-state index in [2.05, 4.69) is 24.0 Å². The van der Waals surface area contributed by atoms with Gasteiger partial charge in [-0.1, -0.05) is 12.1 Å². The van der Waals surface area contributed by atoms with E-state index in [1.54, 1.807) is 7.11 Å². The molecule has 130 valence electrons. The number of amides is 1. The fraction of sp³-hybridized carbons (Fsp3) is 0.650. The van der Waals surface area contributed by atoms with E-state index >= 15 is 0 Å². The van der Waals surface area contributed by atoms with Crippen LogP contribution < -0.4 is 4.74 Å². The van der Waals surface area contributed by atoms with Gasteiger partial charge in [-0.3, -0.25) is 4.79 Å². The van der Waals surface area contributed by atoms with E-state index in [0.29, 0.717) is 30.5 Å². The minimum Gasteiger partial charge on any atom is -0.497 e. The third kappa shape index (κ3) is 3.04. The molecular formula is C20H27NO3. The van der Waals surface area contributed by atoms with Crippen molar-refractivity contribution in [3.8, 4) is 5.75 Å². The number of ether oxygens (including phenoxy) is 2. The molecule has 0 spiro atoms. The first-order valence-corrected chi connectivity index (χ1v) is 9.24. The van der Waals surface area contributed by atoms with Gasteiger partial charge in [0.2, 0.25) is 5.91 Å². The summed E-state index contributed by atoms with van der Waals surface area (Å²) in [5.74, 6) is 1.90. The summed E-state index contributed by atoms with van der Waals surface area (Å²) in [5, 5.41) is 0. The summed E-state index contributed by atoms with van der Waals surface area (Å²) in [6.07, 6.45) is 6.08. The Kier molecular flexibility index (Phi) is 4.25. The fourth-order valence-corrected chi connectivity index (χ4v) is 4.29. The average molecular weight is 329 g/mol. The topological polar surface area (TPSA) is 38.8 Å². The van der Waals surface area contributed by atoms with Crippen LogP contribution in [-0.2, 0) is 16.1 Å². The van der Waals surface area contributed by atoms with Crippen molar-refractivity contribution in [2.24, 2.45) is 11.8 Å². The van der Waals surface area contributed by atoms with Crippen molar-refractivity contribution < 1.29 is 14.3 Å². The van der Waals surface area contributed by atoms with Crippen molar-refractivity contribution in [2.75, 3.05) is 7.11 Å². The Bertz CT molecular complexity index is 595. The third-order valence-corrected chi connectivity index (χ3v) is 6.01. The van der Waals surface area contributed by atoms with Crippen LogP contribution >= 0.6 is 0 Å². The molecule has 2 bridgehead atoms. The number of nitrogens with zero attached hydrogens (tertiary/aromatic N) is 1. The van der Waals surface area contributed by atoms with Crippen molar-refractivity contribution in [2.45, 2.75) is 63.8 Å². The summed E-state index contributed by atoms with van der Waals surface area (Å²) in [5.41, 5.74) is 1.17. The number of carbonyl (C=O) groups is 1. The maximum absolute atomic E-state index is 13.3. The highest BCUT2D eigenvalue weighted by molar-refractivity contribution is 5.80. The SMILES string of the molecule is COc1ccc(CN(C(=O)C2CC3CCC2O3)C(C)C2CC2)cc1. The Morgan fingerprint density at radius 3 is 2.54 bits per heavy atom. The molecule has 4 nitrogen and oxygen atoms in total. The molecule has 1 aromatic rings. The predicted octanol–water partition coefficient (Wildman–Crippen LogP) is 3.39. The second-order valence-corrected chi connectivity index (χ2v) is 7.61. The Morgan fingerprint density at radius 1 is 1.25 bits per heavy atom. The number of hydrogen-bond acceptors (Lipinski definition) is 3. The van der Waals surface area contributed by atoms with Gasteiger partial charge >= 0.3 is 0 Å². The molecule has 1 amide bonds. The lowest BCUT2D eigenvalue weighted by atomic mass is 9.87. The van der Waals surface area contributed by atoms with Crippen molar-refractivity contribution in [3.05, 3.63) is 29.8 Å². The van der Waals surface area contributed by atoms with E-state index in [9.17, 15) is 4.79 Å². The largest absolute Gasteiger partial charge is 0.497 e. The summed E-state index contributed by atoms with van der Waals surface area (Å²) in [6, 6.07) is 8.39. The molecule has 3 aliphatic rings. The molecule has 3 fully saturated rings. The van der Waals surface area contributed by atoms with Gasteiger partial charge in [-0.2, -0.15) is 0 Å². The van der Waals surface area contributed by atoms with Gasteiger partial charge < -0.3 is 14.4 Å². The maximum atomic E-state index is 13.3. The Morgan fingerprint density at radius 2 is 2.00 bits per heavy atom. The zero-order valence-corrected chi connectivity index (χ0v) is 14.6. The highest BCUT2D eigenvalue weighted by atomic mass is 16.5. The van der Waals surface area contributed by atoms with E-state index in [1.165, 1.54) is 18.4 Å². The van der Waals surface area contributed by atoms with Crippen LogP contribution in [0.2, 0.25) is 0 Å². The molecule has 24 heavy (non-hydrogen) atoms. The number of benzene rings is 1. The van der Waals surface area contributed by atoms with Gasteiger partial charge in [0.05, 0.1) is 25.2 Å². The van der Waals surface area contributed by atoms with Crippen LogP contribution in [0.5, 0.6) is 5.75 Å². The van der Waals surface area contributed by atoms with Gasteiger partial charge in [-0.25, -0.2) is 0 Å². The minimum absolute atomic E-state index is 0.0724. The second-order valence-electron chi connectivity index (χ2n) is 7.61. The average Bonchev–Trinajstić information content (AvgIpc) is 3.26. The predicted molar refractivity (Wildman–Crippen MR) is 91.7 cm³/mol. The molecular weight excluding hydrogens is 302 g/mol. The van der Waals surface area contributed by atoms with E-state index in [4.69, 9.17) is 9.47 Å². The molecule has 2 heterocycles. The summed E-state index contributed by atoms with van der Waals surface area (Å²) in [4.78, 5) is 15.4. The van der Waals surface area contributed by atoms with Crippen LogP contribution in [0.15, 0.2) is 24.3 Å². The molecule has 1 saturated carbocycles. The minimum atomic E-state index is 0.0724. The Balaban J connectivity index is 1.51. The van der Waals surface area contributed by atoms with Gasteiger partial charge in [-0.05, 0) is 62.6 Å². The van der Waals surface area contributed by atoms with E-state index in [1.807, 2.05) is 12.1 Å². The zero-order chi connectivity index (χ0) is 16.7. The van der Waals surface area contributed by atoms with Crippen LogP contribution in [0.25, 0.3) is 0 Å². The lowest BCUT2D eigenvalue weighted by molar-refractivity contribution is -0.140. The quantitative estimate of drug-likeness (QED) is 0.803. The van der Waals surface area contributed by atoms with Gasteiger partial charge in [0.1, 0.15) is 5.75 Å². The molecule has 1 aliphatic carbocycles. The Hall–Kier alpha value is -1.55. The maximum Gasteiger partial charge on any atom is 0.228 e. The molecule has 4 atom stereocenters. The van der Waals surface area contributed by atoms with Crippen molar-refractivity contribution in [1.82, 2.24) is 4.90 Å². The van der Waals surface area contributed by atoms with Crippen LogP contribution in [0.1, 0.15) is 44.6 Å². The smallest absolute Gasteiger partial charge is 0.228 e. The summed E-state index contributed by atoms with van der Waals surface area (Å²) < 4.78 is 11.2. The Labute approximate surface area is 144 Å². The second kappa shape index (κ2) is 6.40. The first-order chi connectivity index (χ1) is 11.7. The molecule has 2 aliphatic heterocycles. The lowest BCUT2D eigenvalue weighted by Crippen LogP contribution is -2.45. The van der Waals surface area contributed by atoms with Crippen molar-refractivity contribution in [1.29, 1.82) is 0 Å². The highest BCUT2D eigenvalue weighted by Crippen LogP contribution is 2.42. The number of fused-ring (bicyclic) bond motifs is 2. The molecule has 4 rings (SSSR count). The number of hydrogen-bond donors (Lipinski definition) is 0. The molecule has 0 aromatic heterocycles. The number of rotatable bonds is 6.